The van der Waals surface area contributed by atoms with Crippen LogP contribution in [0.3, 0.4) is 0 Å². The van der Waals surface area contributed by atoms with Gasteiger partial charge < -0.3 is 10.1 Å². The molecule has 0 saturated heterocycles. The van der Waals surface area contributed by atoms with Gasteiger partial charge in [-0.05, 0) is 55.0 Å². The van der Waals surface area contributed by atoms with Crippen LogP contribution in [-0.2, 0) is 0 Å². The maximum Gasteiger partial charge on any atom is 0.345 e. The monoisotopic (exact) mass is 346 g/mol. The normalized spacial score (nSPS) is 10.7. The molecule has 0 aliphatic rings. The van der Waals surface area contributed by atoms with Gasteiger partial charge >= 0.3 is 5.69 Å². The van der Waals surface area contributed by atoms with Crippen molar-refractivity contribution in [3.8, 4) is 28.3 Å². The van der Waals surface area contributed by atoms with Crippen LogP contribution < -0.4 is 5.69 Å². The number of aromatic hydroxyl groups is 1. The van der Waals surface area contributed by atoms with E-state index in [2.05, 4.69) is 9.97 Å². The van der Waals surface area contributed by atoms with Crippen molar-refractivity contribution in [2.24, 2.45) is 0 Å². The van der Waals surface area contributed by atoms with Crippen LogP contribution in [0.1, 0.15) is 5.56 Å². The predicted molar refractivity (Wildman–Crippen MR) is 92.2 cm³/mol. The van der Waals surface area contributed by atoms with E-state index in [9.17, 15) is 9.90 Å². The minimum absolute atomic E-state index is 0.191. The molecule has 3 rings (SSSR count). The lowest BCUT2D eigenvalue weighted by molar-refractivity contribution is 0.471. The van der Waals surface area contributed by atoms with Crippen LogP contribution >= 0.6 is 23.2 Å². The third-order valence-electron chi connectivity index (χ3n) is 3.46. The number of aryl methyl sites for hydroxylation is 1. The van der Waals surface area contributed by atoms with Crippen LogP contribution in [0.5, 0.6) is 5.75 Å². The van der Waals surface area contributed by atoms with E-state index < -0.39 is 5.69 Å². The molecule has 0 aliphatic heterocycles. The Bertz CT molecular complexity index is 952. The molecule has 0 amide bonds. The first-order valence-corrected chi connectivity index (χ1v) is 7.56. The van der Waals surface area contributed by atoms with E-state index in [0.29, 0.717) is 32.6 Å². The molecule has 1 aromatic heterocycles. The number of phenols is 1. The summed E-state index contributed by atoms with van der Waals surface area (Å²) in [4.78, 5) is 18.6. The summed E-state index contributed by atoms with van der Waals surface area (Å²) in [5.41, 5.74) is 2.58. The molecule has 0 atom stereocenters. The fraction of sp³-hybridized carbons (Fsp3) is 0.0588. The Kier molecular flexibility index (Phi) is 4.11. The van der Waals surface area contributed by atoms with Crippen molar-refractivity contribution >= 4 is 23.2 Å². The number of benzene rings is 2. The van der Waals surface area contributed by atoms with Crippen molar-refractivity contribution in [2.45, 2.75) is 6.92 Å². The van der Waals surface area contributed by atoms with Crippen molar-refractivity contribution in [3.05, 3.63) is 68.6 Å². The Hall–Kier alpha value is -2.30. The maximum atomic E-state index is 11.9. The fourth-order valence-electron chi connectivity index (χ4n) is 2.27. The van der Waals surface area contributed by atoms with Crippen LogP contribution in [0.4, 0.5) is 0 Å². The van der Waals surface area contributed by atoms with Gasteiger partial charge in [0.1, 0.15) is 5.75 Å². The number of aromatic amines is 1. The number of nitrogens with zero attached hydrogens (tertiary/aromatic N) is 1. The van der Waals surface area contributed by atoms with Crippen molar-refractivity contribution in [3.63, 3.8) is 0 Å². The molecule has 0 radical (unpaired) electrons. The van der Waals surface area contributed by atoms with E-state index in [-0.39, 0.29) is 5.75 Å². The highest BCUT2D eigenvalue weighted by Crippen LogP contribution is 2.31. The molecule has 0 unspecified atom stereocenters. The summed E-state index contributed by atoms with van der Waals surface area (Å²) in [5, 5.41) is 10.6. The van der Waals surface area contributed by atoms with Crippen LogP contribution in [-0.4, -0.2) is 15.1 Å². The summed E-state index contributed by atoms with van der Waals surface area (Å²) in [7, 11) is 0. The molecule has 2 aromatic carbocycles. The molecule has 0 bridgehead atoms. The summed E-state index contributed by atoms with van der Waals surface area (Å²) in [5.74, 6) is 0.191. The standard InChI is InChI=1S/C17H12Cl2N2O2/c1-9-6-10(2-5-16(9)22)14-8-15(21-17(23)20-14)12-7-11(18)3-4-13(12)19/h2-8,22H,1H3,(H,20,21,23). The van der Waals surface area contributed by atoms with E-state index in [0.717, 1.165) is 5.56 Å². The predicted octanol–water partition coefficient (Wildman–Crippen LogP) is 4.42. The minimum Gasteiger partial charge on any atom is -0.508 e. The van der Waals surface area contributed by atoms with Gasteiger partial charge in [0.25, 0.3) is 0 Å². The lowest BCUT2D eigenvalue weighted by atomic mass is 10.1. The topological polar surface area (TPSA) is 66.0 Å². The smallest absolute Gasteiger partial charge is 0.345 e. The molecule has 23 heavy (non-hydrogen) atoms. The summed E-state index contributed by atoms with van der Waals surface area (Å²) < 4.78 is 0. The first kappa shape index (κ1) is 15.6. The number of rotatable bonds is 2. The van der Waals surface area contributed by atoms with Crippen LogP contribution in [0, 0.1) is 6.92 Å². The van der Waals surface area contributed by atoms with Crippen molar-refractivity contribution in [1.29, 1.82) is 0 Å². The number of phenolic OH excluding ortho intramolecular Hbond substituents is 1. The first-order chi connectivity index (χ1) is 10.9. The Morgan fingerprint density at radius 3 is 2.61 bits per heavy atom. The van der Waals surface area contributed by atoms with Crippen LogP contribution in [0.2, 0.25) is 10.0 Å². The molecule has 4 nitrogen and oxygen atoms in total. The summed E-state index contributed by atoms with van der Waals surface area (Å²) >= 11 is 12.2. The van der Waals surface area contributed by atoms with Gasteiger partial charge in [0.2, 0.25) is 0 Å². The second-order valence-corrected chi connectivity index (χ2v) is 5.95. The number of H-pyrrole nitrogens is 1. The number of aromatic nitrogens is 2. The quantitative estimate of drug-likeness (QED) is 0.721. The Morgan fingerprint density at radius 2 is 1.87 bits per heavy atom. The van der Waals surface area contributed by atoms with Crippen LogP contribution in [0.15, 0.2) is 47.3 Å². The second-order valence-electron chi connectivity index (χ2n) is 5.11. The fourth-order valence-corrected chi connectivity index (χ4v) is 2.66. The highest BCUT2D eigenvalue weighted by molar-refractivity contribution is 6.35. The highest BCUT2D eigenvalue weighted by atomic mass is 35.5. The molecule has 6 heteroatoms. The van der Waals surface area contributed by atoms with Gasteiger partial charge in [-0.3, -0.25) is 0 Å². The Labute approximate surface area is 142 Å². The SMILES string of the molecule is Cc1cc(-c2cc(-c3cc(Cl)ccc3Cl)[nH]c(=O)n2)ccc1O. The average Bonchev–Trinajstić information content (AvgIpc) is 2.51. The van der Waals surface area contributed by atoms with Crippen molar-refractivity contribution in [2.75, 3.05) is 0 Å². The number of hydrogen-bond acceptors (Lipinski definition) is 3. The zero-order valence-electron chi connectivity index (χ0n) is 12.1. The molecule has 1 heterocycles. The zero-order chi connectivity index (χ0) is 16.6. The molecule has 0 spiro atoms. The second kappa shape index (κ2) is 6.07. The maximum absolute atomic E-state index is 11.9. The van der Waals surface area contributed by atoms with Crippen LogP contribution in [0.25, 0.3) is 22.5 Å². The molecule has 3 aromatic rings. The molecule has 0 aliphatic carbocycles. The summed E-state index contributed by atoms with van der Waals surface area (Å²) in [6.45, 7) is 1.78. The first-order valence-electron chi connectivity index (χ1n) is 6.81. The molecular weight excluding hydrogens is 335 g/mol. The summed E-state index contributed by atoms with van der Waals surface area (Å²) in [6, 6.07) is 11.8. The molecular formula is C17H12Cl2N2O2. The van der Waals surface area contributed by atoms with Gasteiger partial charge in [-0.1, -0.05) is 23.2 Å². The van der Waals surface area contributed by atoms with E-state index in [4.69, 9.17) is 23.2 Å². The van der Waals surface area contributed by atoms with Gasteiger partial charge in [0.15, 0.2) is 0 Å². The Balaban J connectivity index is 2.18. The van der Waals surface area contributed by atoms with Gasteiger partial charge in [-0.25, -0.2) is 4.79 Å². The van der Waals surface area contributed by atoms with Gasteiger partial charge in [0.05, 0.1) is 11.4 Å². The van der Waals surface area contributed by atoms with Gasteiger partial charge in [-0.15, -0.1) is 0 Å². The molecule has 2 N–H and O–H groups in total. The summed E-state index contributed by atoms with van der Waals surface area (Å²) in [6.07, 6.45) is 0. The molecule has 0 saturated carbocycles. The number of hydrogen-bond donors (Lipinski definition) is 2. The third-order valence-corrected chi connectivity index (χ3v) is 4.02. The lowest BCUT2D eigenvalue weighted by Crippen LogP contribution is -2.12. The van der Waals surface area contributed by atoms with E-state index in [1.165, 1.54) is 0 Å². The average molecular weight is 347 g/mol. The van der Waals surface area contributed by atoms with Crippen molar-refractivity contribution < 1.29 is 5.11 Å². The molecule has 116 valence electrons. The number of nitrogens with one attached hydrogen (secondary N) is 1. The number of halogens is 2. The highest BCUT2D eigenvalue weighted by Gasteiger charge is 2.10. The Morgan fingerprint density at radius 1 is 1.09 bits per heavy atom. The van der Waals surface area contributed by atoms with E-state index in [1.807, 2.05) is 0 Å². The van der Waals surface area contributed by atoms with Gasteiger partial charge in [0, 0.05) is 21.2 Å². The third kappa shape index (κ3) is 3.23. The van der Waals surface area contributed by atoms with E-state index >= 15 is 0 Å². The van der Waals surface area contributed by atoms with Gasteiger partial charge in [-0.2, -0.15) is 4.98 Å². The minimum atomic E-state index is -0.487. The molecule has 0 fully saturated rings. The lowest BCUT2D eigenvalue weighted by Gasteiger charge is -2.08. The largest absolute Gasteiger partial charge is 0.508 e. The zero-order valence-corrected chi connectivity index (χ0v) is 13.6. The van der Waals surface area contributed by atoms with Crippen molar-refractivity contribution in [1.82, 2.24) is 9.97 Å². The van der Waals surface area contributed by atoms with E-state index in [1.54, 1.807) is 49.4 Å².